The number of hydrogen-bond acceptors (Lipinski definition) is 4. The molecule has 0 aliphatic carbocycles. The van der Waals surface area contributed by atoms with Gasteiger partial charge in [-0.2, -0.15) is 0 Å². The number of fused-ring (bicyclic) bond motifs is 1. The first-order valence-electron chi connectivity index (χ1n) is 10.5. The quantitative estimate of drug-likeness (QED) is 0.526. The number of carbonyl (C=O) groups excluding carboxylic acids is 2. The summed E-state index contributed by atoms with van der Waals surface area (Å²) in [4.78, 5) is 27.0. The fraction of sp³-hybridized carbons (Fsp3) is 0.231. The van der Waals surface area contributed by atoms with Crippen LogP contribution in [0.25, 0.3) is 6.08 Å². The van der Waals surface area contributed by atoms with E-state index >= 15 is 0 Å². The Morgan fingerprint density at radius 1 is 1.09 bits per heavy atom. The summed E-state index contributed by atoms with van der Waals surface area (Å²) in [5.41, 5.74) is 2.31. The van der Waals surface area contributed by atoms with E-state index in [4.69, 9.17) is 4.74 Å². The van der Waals surface area contributed by atoms with E-state index in [1.807, 2.05) is 62.5 Å². The van der Waals surface area contributed by atoms with Crippen LogP contribution in [-0.2, 0) is 4.79 Å². The highest BCUT2D eigenvalue weighted by atomic mass is 32.1. The zero-order chi connectivity index (χ0) is 22.7. The van der Waals surface area contributed by atoms with Crippen molar-refractivity contribution in [3.8, 4) is 5.75 Å². The lowest BCUT2D eigenvalue weighted by molar-refractivity contribution is -0.119. The predicted molar refractivity (Wildman–Crippen MR) is 128 cm³/mol. The van der Waals surface area contributed by atoms with Gasteiger partial charge >= 0.3 is 0 Å². The molecule has 1 aliphatic heterocycles. The van der Waals surface area contributed by atoms with Crippen LogP contribution >= 0.6 is 11.3 Å². The molecule has 0 fully saturated rings. The minimum absolute atomic E-state index is 0.208. The van der Waals surface area contributed by atoms with Crippen molar-refractivity contribution in [3.05, 3.63) is 93.3 Å². The number of ether oxygens (including phenoxy) is 1. The van der Waals surface area contributed by atoms with Crippen molar-refractivity contribution in [2.45, 2.75) is 38.8 Å². The Balaban J connectivity index is 1.61. The molecule has 1 aromatic heterocycles. The van der Waals surface area contributed by atoms with Crippen molar-refractivity contribution in [2.75, 3.05) is 0 Å². The van der Waals surface area contributed by atoms with E-state index in [0.717, 1.165) is 21.8 Å². The molecule has 0 radical (unpaired) electrons. The van der Waals surface area contributed by atoms with Crippen LogP contribution in [0.5, 0.6) is 5.75 Å². The average Bonchev–Trinajstić information content (AvgIpc) is 3.26. The molecule has 2 heterocycles. The number of amides is 2. The van der Waals surface area contributed by atoms with Crippen LogP contribution in [0.3, 0.4) is 0 Å². The maximum Gasteiger partial charge on any atom is 0.268 e. The van der Waals surface area contributed by atoms with Gasteiger partial charge in [-0.25, -0.2) is 0 Å². The van der Waals surface area contributed by atoms with E-state index in [2.05, 4.69) is 10.6 Å². The second-order valence-electron chi connectivity index (χ2n) is 8.53. The van der Waals surface area contributed by atoms with E-state index in [1.54, 1.807) is 30.3 Å². The molecule has 0 saturated heterocycles. The highest BCUT2D eigenvalue weighted by Crippen LogP contribution is 2.40. The van der Waals surface area contributed by atoms with Crippen LogP contribution in [0.4, 0.5) is 0 Å². The molecule has 0 unspecified atom stereocenters. The second-order valence-corrected chi connectivity index (χ2v) is 9.51. The molecule has 2 amide bonds. The predicted octanol–water partition coefficient (Wildman–Crippen LogP) is 5.25. The van der Waals surface area contributed by atoms with Gasteiger partial charge in [0.1, 0.15) is 17.0 Å². The molecule has 32 heavy (non-hydrogen) atoms. The van der Waals surface area contributed by atoms with Crippen molar-refractivity contribution in [1.29, 1.82) is 0 Å². The van der Waals surface area contributed by atoms with Crippen molar-refractivity contribution in [1.82, 2.24) is 10.6 Å². The number of carbonyl (C=O) groups is 2. The third-order valence-electron chi connectivity index (χ3n) is 5.29. The summed E-state index contributed by atoms with van der Waals surface area (Å²) in [7, 11) is 0. The van der Waals surface area contributed by atoms with Crippen LogP contribution < -0.4 is 15.4 Å². The molecule has 2 N–H and O–H groups in total. The molecule has 1 aliphatic rings. The van der Waals surface area contributed by atoms with Crippen LogP contribution in [0.2, 0.25) is 0 Å². The lowest BCUT2D eigenvalue weighted by atomic mass is 9.89. The van der Waals surface area contributed by atoms with Crippen molar-refractivity contribution >= 4 is 29.2 Å². The molecule has 164 valence electrons. The lowest BCUT2D eigenvalue weighted by Crippen LogP contribution is -2.43. The molecule has 3 aromatic rings. The smallest absolute Gasteiger partial charge is 0.268 e. The highest BCUT2D eigenvalue weighted by Gasteiger charge is 2.35. The van der Waals surface area contributed by atoms with E-state index < -0.39 is 5.60 Å². The topological polar surface area (TPSA) is 67.4 Å². The highest BCUT2D eigenvalue weighted by molar-refractivity contribution is 7.10. The number of benzene rings is 2. The van der Waals surface area contributed by atoms with Gasteiger partial charge in [0, 0.05) is 22.4 Å². The van der Waals surface area contributed by atoms with Gasteiger partial charge in [0.15, 0.2) is 0 Å². The van der Waals surface area contributed by atoms with Gasteiger partial charge in [-0.1, -0.05) is 36.4 Å². The van der Waals surface area contributed by atoms with Crippen LogP contribution in [-0.4, -0.2) is 17.4 Å². The molecule has 0 bridgehead atoms. The average molecular weight is 447 g/mol. The van der Waals surface area contributed by atoms with Gasteiger partial charge in [0.2, 0.25) is 0 Å². The minimum Gasteiger partial charge on any atom is -0.487 e. The number of hydrogen-bond donors (Lipinski definition) is 2. The Labute approximate surface area is 192 Å². The van der Waals surface area contributed by atoms with Crippen molar-refractivity contribution in [3.63, 3.8) is 0 Å². The maximum atomic E-state index is 13.4. The fourth-order valence-corrected chi connectivity index (χ4v) is 4.44. The normalized spacial score (nSPS) is 17.1. The first-order valence-corrected chi connectivity index (χ1v) is 11.4. The number of thiophene rings is 1. The summed E-state index contributed by atoms with van der Waals surface area (Å²) < 4.78 is 6.15. The number of nitrogens with one attached hydrogen (secondary N) is 2. The zero-order valence-electron chi connectivity index (χ0n) is 18.3. The van der Waals surface area contributed by atoms with Gasteiger partial charge in [0.25, 0.3) is 11.8 Å². The first-order chi connectivity index (χ1) is 15.3. The molecular formula is C26H26N2O3S. The molecule has 4 rings (SSSR count). The van der Waals surface area contributed by atoms with Gasteiger partial charge in [0.05, 0.1) is 6.04 Å². The van der Waals surface area contributed by atoms with E-state index in [1.165, 1.54) is 11.3 Å². The van der Waals surface area contributed by atoms with Crippen molar-refractivity contribution < 1.29 is 14.3 Å². The maximum absolute atomic E-state index is 13.4. The molecule has 0 spiro atoms. The van der Waals surface area contributed by atoms with E-state index in [-0.39, 0.29) is 23.6 Å². The Kier molecular flexibility index (Phi) is 6.15. The summed E-state index contributed by atoms with van der Waals surface area (Å²) in [6.45, 7) is 6.04. The van der Waals surface area contributed by atoms with Gasteiger partial charge in [-0.15, -0.1) is 11.3 Å². The Morgan fingerprint density at radius 2 is 1.88 bits per heavy atom. The second kappa shape index (κ2) is 9.01. The third kappa shape index (κ3) is 5.08. The largest absolute Gasteiger partial charge is 0.487 e. The summed E-state index contributed by atoms with van der Waals surface area (Å²) in [5, 5.41) is 7.85. The summed E-state index contributed by atoms with van der Waals surface area (Å²) >= 11 is 1.50. The fourth-order valence-electron chi connectivity index (χ4n) is 3.78. The zero-order valence-corrected chi connectivity index (χ0v) is 19.2. The van der Waals surface area contributed by atoms with E-state index in [9.17, 15) is 9.59 Å². The molecule has 2 aromatic carbocycles. The molecular weight excluding hydrogens is 420 g/mol. The number of aryl methyl sites for hydroxylation is 1. The third-order valence-corrected chi connectivity index (χ3v) is 6.11. The van der Waals surface area contributed by atoms with Crippen molar-refractivity contribution in [2.24, 2.45) is 0 Å². The molecule has 0 saturated carbocycles. The minimum atomic E-state index is -0.427. The monoisotopic (exact) mass is 446 g/mol. The first kappa shape index (κ1) is 21.8. The molecule has 6 heteroatoms. The van der Waals surface area contributed by atoms with Gasteiger partial charge in [-0.3, -0.25) is 9.59 Å². The number of rotatable bonds is 5. The Bertz CT molecular complexity index is 1150. The summed E-state index contributed by atoms with van der Waals surface area (Å²) in [5.74, 6) is 0.118. The molecule has 1 atom stereocenters. The van der Waals surface area contributed by atoms with Gasteiger partial charge in [-0.05, 0) is 62.1 Å². The van der Waals surface area contributed by atoms with Crippen LogP contribution in [0.1, 0.15) is 52.7 Å². The molecule has 5 nitrogen and oxygen atoms in total. The summed E-state index contributed by atoms with van der Waals surface area (Å²) in [6.07, 6.45) is 2.33. The Hall–Kier alpha value is -3.38. The Morgan fingerprint density at radius 3 is 2.59 bits per heavy atom. The van der Waals surface area contributed by atoms with Crippen LogP contribution in [0.15, 0.2) is 71.7 Å². The van der Waals surface area contributed by atoms with Crippen LogP contribution in [0, 0.1) is 6.92 Å². The summed E-state index contributed by atoms with van der Waals surface area (Å²) in [6, 6.07) is 18.4. The SMILES string of the molecule is Cc1ccc2c(c1)OC(C)(C)C[C@H]2NC(=O)/C(=C/c1cccs1)NC(=O)c1ccccc1. The lowest BCUT2D eigenvalue weighted by Gasteiger charge is -2.38. The standard InChI is InChI=1S/C26H26N2O3S/c1-17-11-12-20-22(16-26(2,3)31-23(20)14-17)28-25(30)21(15-19-10-7-13-32-19)27-24(29)18-8-5-4-6-9-18/h4-15,22H,16H2,1-3H3,(H,27,29)(H,28,30)/b21-15-/t22-/m1/s1. The van der Waals surface area contributed by atoms with E-state index in [0.29, 0.717) is 12.0 Å². The van der Waals surface area contributed by atoms with Gasteiger partial charge < -0.3 is 15.4 Å².